The monoisotopic (exact) mass is 412 g/mol. The fourth-order valence-corrected chi connectivity index (χ4v) is 3.45. The van der Waals surface area contributed by atoms with E-state index in [1.165, 1.54) is 25.7 Å². The second kappa shape index (κ2) is 13.8. The first kappa shape index (κ1) is 23.9. The summed E-state index contributed by atoms with van der Waals surface area (Å²) in [5, 5.41) is 1.89. The van der Waals surface area contributed by atoms with Gasteiger partial charge in [0.05, 0.1) is 0 Å². The second-order valence-corrected chi connectivity index (χ2v) is 7.92. The second-order valence-electron chi connectivity index (χ2n) is 7.92. The van der Waals surface area contributed by atoms with Gasteiger partial charge in [0.15, 0.2) is 11.5 Å². The zero-order valence-corrected chi connectivity index (χ0v) is 18.6. The zero-order valence-electron chi connectivity index (χ0n) is 18.6. The minimum atomic E-state index is -0.279. The van der Waals surface area contributed by atoms with Crippen molar-refractivity contribution in [3.63, 3.8) is 0 Å². The average molecular weight is 413 g/mol. The molecule has 0 N–H and O–H groups in total. The van der Waals surface area contributed by atoms with Crippen LogP contribution in [0.15, 0.2) is 36.4 Å². The smallest absolute Gasteiger partial charge is 0.311 e. The molecule has 0 aliphatic heterocycles. The minimum absolute atomic E-state index is 0.279. The molecule has 0 aromatic heterocycles. The van der Waals surface area contributed by atoms with Crippen LogP contribution in [0.25, 0.3) is 10.8 Å². The third kappa shape index (κ3) is 8.56. The van der Waals surface area contributed by atoms with Crippen LogP contribution in [0.4, 0.5) is 0 Å². The fraction of sp³-hybridized carbons (Fsp3) is 0.538. The molecule has 2 aromatic carbocycles. The summed E-state index contributed by atoms with van der Waals surface area (Å²) in [6.45, 7) is 4.34. The molecular weight excluding hydrogens is 376 g/mol. The molecule has 2 aromatic rings. The lowest BCUT2D eigenvalue weighted by atomic mass is 10.1. The van der Waals surface area contributed by atoms with E-state index >= 15 is 0 Å². The summed E-state index contributed by atoms with van der Waals surface area (Å²) in [6.07, 6.45) is 11.5. The zero-order chi connectivity index (χ0) is 21.6. The van der Waals surface area contributed by atoms with Crippen LogP contribution < -0.4 is 9.47 Å². The van der Waals surface area contributed by atoms with Gasteiger partial charge in [0.1, 0.15) is 0 Å². The number of fused-ring (bicyclic) bond motifs is 1. The van der Waals surface area contributed by atoms with Crippen LogP contribution in [0.3, 0.4) is 0 Å². The Labute approximate surface area is 181 Å². The van der Waals surface area contributed by atoms with Crippen LogP contribution in [-0.2, 0) is 9.59 Å². The SMILES string of the molecule is CCCCCCCC(=O)Oc1cc2ccccc2cc1OC(=O)CCCCCCC. The molecule has 0 bridgehead atoms. The molecule has 164 valence electrons. The van der Waals surface area contributed by atoms with Crippen molar-refractivity contribution in [1.82, 2.24) is 0 Å². The van der Waals surface area contributed by atoms with Gasteiger partial charge in [0, 0.05) is 12.8 Å². The molecule has 0 atom stereocenters. The molecule has 0 aliphatic carbocycles. The standard InChI is InChI=1S/C26H36O4/c1-3-5-7-9-11-17-25(27)29-23-19-21-15-13-14-16-22(21)20-24(23)30-26(28)18-12-10-8-6-4-2/h13-16,19-20H,3-12,17-18H2,1-2H3. The van der Waals surface area contributed by atoms with E-state index in [1.807, 2.05) is 24.3 Å². The molecule has 0 unspecified atom stereocenters. The molecule has 0 radical (unpaired) electrons. The van der Waals surface area contributed by atoms with Crippen molar-refractivity contribution >= 4 is 22.7 Å². The first-order chi connectivity index (χ1) is 14.6. The normalized spacial score (nSPS) is 10.9. The van der Waals surface area contributed by atoms with Gasteiger partial charge in [0.25, 0.3) is 0 Å². The van der Waals surface area contributed by atoms with E-state index in [2.05, 4.69) is 13.8 Å². The number of esters is 2. The maximum atomic E-state index is 12.3. The van der Waals surface area contributed by atoms with E-state index in [4.69, 9.17) is 9.47 Å². The number of benzene rings is 2. The summed E-state index contributed by atoms with van der Waals surface area (Å²) in [4.78, 5) is 24.7. The van der Waals surface area contributed by atoms with Crippen molar-refractivity contribution < 1.29 is 19.1 Å². The number of rotatable bonds is 14. The Kier molecular flexibility index (Phi) is 11.0. The van der Waals surface area contributed by atoms with E-state index in [1.54, 1.807) is 12.1 Å². The Morgan fingerprint density at radius 1 is 0.633 bits per heavy atom. The van der Waals surface area contributed by atoms with Crippen molar-refractivity contribution in [3.05, 3.63) is 36.4 Å². The third-order valence-electron chi connectivity index (χ3n) is 5.23. The van der Waals surface area contributed by atoms with Gasteiger partial charge in [-0.25, -0.2) is 0 Å². The summed E-state index contributed by atoms with van der Waals surface area (Å²) < 4.78 is 11.2. The Morgan fingerprint density at radius 2 is 1.03 bits per heavy atom. The van der Waals surface area contributed by atoms with E-state index in [-0.39, 0.29) is 11.9 Å². The van der Waals surface area contributed by atoms with E-state index in [9.17, 15) is 9.59 Å². The van der Waals surface area contributed by atoms with Crippen LogP contribution in [0.1, 0.15) is 90.9 Å². The highest BCUT2D eigenvalue weighted by molar-refractivity contribution is 5.88. The Bertz CT molecular complexity index is 730. The summed E-state index contributed by atoms with van der Waals surface area (Å²) in [7, 11) is 0. The van der Waals surface area contributed by atoms with Gasteiger partial charge in [-0.3, -0.25) is 9.59 Å². The summed E-state index contributed by atoms with van der Waals surface area (Å²) in [5.74, 6) is 0.0930. The number of ether oxygens (including phenoxy) is 2. The van der Waals surface area contributed by atoms with E-state index < -0.39 is 0 Å². The molecule has 0 saturated heterocycles. The van der Waals surface area contributed by atoms with Crippen LogP contribution in [-0.4, -0.2) is 11.9 Å². The number of carbonyl (C=O) groups excluding carboxylic acids is 2. The lowest BCUT2D eigenvalue weighted by Crippen LogP contribution is -2.12. The van der Waals surface area contributed by atoms with Crippen molar-refractivity contribution in [2.75, 3.05) is 0 Å². The van der Waals surface area contributed by atoms with Gasteiger partial charge in [-0.2, -0.15) is 0 Å². The number of unbranched alkanes of at least 4 members (excludes halogenated alkanes) is 8. The molecule has 0 aliphatic rings. The topological polar surface area (TPSA) is 52.6 Å². The van der Waals surface area contributed by atoms with Gasteiger partial charge >= 0.3 is 11.9 Å². The molecule has 0 amide bonds. The summed E-state index contributed by atoms with van der Waals surface area (Å²) >= 11 is 0. The van der Waals surface area contributed by atoms with Crippen LogP contribution in [0, 0.1) is 0 Å². The van der Waals surface area contributed by atoms with Crippen molar-refractivity contribution in [3.8, 4) is 11.5 Å². The van der Waals surface area contributed by atoms with E-state index in [0.717, 1.165) is 49.3 Å². The van der Waals surface area contributed by atoms with Gasteiger partial charge < -0.3 is 9.47 Å². The van der Waals surface area contributed by atoms with Crippen molar-refractivity contribution in [1.29, 1.82) is 0 Å². The lowest BCUT2D eigenvalue weighted by molar-refractivity contribution is -0.137. The minimum Gasteiger partial charge on any atom is -0.422 e. The highest BCUT2D eigenvalue weighted by atomic mass is 16.6. The quantitative estimate of drug-likeness (QED) is 0.185. The molecule has 4 nitrogen and oxygen atoms in total. The summed E-state index contributed by atoms with van der Waals surface area (Å²) in [5.41, 5.74) is 0. The fourth-order valence-electron chi connectivity index (χ4n) is 3.45. The molecule has 4 heteroatoms. The van der Waals surface area contributed by atoms with Crippen molar-refractivity contribution in [2.24, 2.45) is 0 Å². The predicted molar refractivity (Wildman–Crippen MR) is 122 cm³/mol. The van der Waals surface area contributed by atoms with Gasteiger partial charge in [0.2, 0.25) is 0 Å². The van der Waals surface area contributed by atoms with Gasteiger partial charge in [-0.15, -0.1) is 0 Å². The largest absolute Gasteiger partial charge is 0.422 e. The molecular formula is C26H36O4. The molecule has 0 fully saturated rings. The lowest BCUT2D eigenvalue weighted by Gasteiger charge is -2.12. The van der Waals surface area contributed by atoms with Gasteiger partial charge in [-0.05, 0) is 35.7 Å². The van der Waals surface area contributed by atoms with Crippen LogP contribution >= 0.6 is 0 Å². The van der Waals surface area contributed by atoms with E-state index in [0.29, 0.717) is 24.3 Å². The number of carbonyl (C=O) groups is 2. The maximum absolute atomic E-state index is 12.3. The Balaban J connectivity index is 2.00. The van der Waals surface area contributed by atoms with Gasteiger partial charge in [-0.1, -0.05) is 89.5 Å². The maximum Gasteiger partial charge on any atom is 0.311 e. The Hall–Kier alpha value is -2.36. The summed E-state index contributed by atoms with van der Waals surface area (Å²) in [6, 6.07) is 11.4. The highest BCUT2D eigenvalue weighted by Crippen LogP contribution is 2.33. The first-order valence-electron chi connectivity index (χ1n) is 11.6. The Morgan fingerprint density at radius 3 is 1.43 bits per heavy atom. The average Bonchev–Trinajstić information content (AvgIpc) is 2.74. The molecule has 2 rings (SSSR count). The number of hydrogen-bond donors (Lipinski definition) is 0. The molecule has 0 saturated carbocycles. The predicted octanol–water partition coefficient (Wildman–Crippen LogP) is 7.37. The van der Waals surface area contributed by atoms with Crippen LogP contribution in [0.5, 0.6) is 11.5 Å². The molecule has 30 heavy (non-hydrogen) atoms. The molecule has 0 spiro atoms. The highest BCUT2D eigenvalue weighted by Gasteiger charge is 2.15. The third-order valence-corrected chi connectivity index (χ3v) is 5.23. The number of hydrogen-bond acceptors (Lipinski definition) is 4. The van der Waals surface area contributed by atoms with Crippen molar-refractivity contribution in [2.45, 2.75) is 90.9 Å². The molecule has 0 heterocycles. The van der Waals surface area contributed by atoms with Crippen LogP contribution in [0.2, 0.25) is 0 Å². The first-order valence-corrected chi connectivity index (χ1v) is 11.6.